The Morgan fingerprint density at radius 1 is 1.22 bits per heavy atom. The first-order valence-corrected chi connectivity index (χ1v) is 7.42. The van der Waals surface area contributed by atoms with E-state index >= 15 is 0 Å². The minimum Gasteiger partial charge on any atom is -0.383 e. The first-order chi connectivity index (χ1) is 8.86. The largest absolute Gasteiger partial charge is 0.383 e. The normalized spacial score (nSPS) is 23.3. The van der Waals surface area contributed by atoms with Crippen LogP contribution in [0.3, 0.4) is 0 Å². The molecule has 18 heavy (non-hydrogen) atoms. The zero-order valence-electron chi connectivity index (χ0n) is 11.4. The minimum atomic E-state index is 0.711. The maximum absolute atomic E-state index is 3.64. The summed E-state index contributed by atoms with van der Waals surface area (Å²) in [5.41, 5.74) is 2.84. The Labute approximate surface area is 110 Å². The SMILES string of the molecule is CCN(CC1CC1)C1CCc2ccccc2NC1. The summed E-state index contributed by atoms with van der Waals surface area (Å²) < 4.78 is 0. The number of likely N-dealkylation sites (N-methyl/N-ethyl adjacent to an activating group) is 1. The van der Waals surface area contributed by atoms with Gasteiger partial charge in [0.1, 0.15) is 0 Å². The highest BCUT2D eigenvalue weighted by Crippen LogP contribution is 2.31. The van der Waals surface area contributed by atoms with Gasteiger partial charge in [-0.25, -0.2) is 0 Å². The number of nitrogens with zero attached hydrogens (tertiary/aromatic N) is 1. The molecule has 1 aromatic carbocycles. The van der Waals surface area contributed by atoms with Crippen molar-refractivity contribution < 1.29 is 0 Å². The van der Waals surface area contributed by atoms with Gasteiger partial charge in [-0.3, -0.25) is 4.90 Å². The monoisotopic (exact) mass is 244 g/mol. The predicted molar refractivity (Wildman–Crippen MR) is 77.0 cm³/mol. The lowest BCUT2D eigenvalue weighted by atomic mass is 10.0. The molecule has 2 aliphatic rings. The highest BCUT2D eigenvalue weighted by Gasteiger charge is 2.28. The van der Waals surface area contributed by atoms with Gasteiger partial charge in [0.25, 0.3) is 0 Å². The predicted octanol–water partition coefficient (Wildman–Crippen LogP) is 3.15. The van der Waals surface area contributed by atoms with Crippen molar-refractivity contribution in [1.82, 2.24) is 4.90 Å². The summed E-state index contributed by atoms with van der Waals surface area (Å²) in [7, 11) is 0. The number of fused-ring (bicyclic) bond motifs is 1. The molecule has 1 heterocycles. The number of nitrogens with one attached hydrogen (secondary N) is 1. The molecule has 0 amide bonds. The second kappa shape index (κ2) is 5.31. The summed E-state index contributed by atoms with van der Waals surface area (Å²) in [5, 5.41) is 3.64. The quantitative estimate of drug-likeness (QED) is 0.875. The second-order valence-electron chi connectivity index (χ2n) is 5.76. The van der Waals surface area contributed by atoms with E-state index in [0.29, 0.717) is 6.04 Å². The van der Waals surface area contributed by atoms with Gasteiger partial charge in [-0.2, -0.15) is 0 Å². The highest BCUT2D eigenvalue weighted by molar-refractivity contribution is 5.52. The fourth-order valence-corrected chi connectivity index (χ4v) is 3.04. The number of benzene rings is 1. The molecule has 0 radical (unpaired) electrons. The minimum absolute atomic E-state index is 0.711. The van der Waals surface area contributed by atoms with Crippen molar-refractivity contribution in [1.29, 1.82) is 0 Å². The molecule has 1 atom stereocenters. The summed E-state index contributed by atoms with van der Waals surface area (Å²) in [6, 6.07) is 9.48. The zero-order valence-corrected chi connectivity index (χ0v) is 11.4. The summed E-state index contributed by atoms with van der Waals surface area (Å²) in [5.74, 6) is 0.996. The molecule has 0 saturated heterocycles. The van der Waals surface area contributed by atoms with Crippen molar-refractivity contribution in [2.24, 2.45) is 5.92 Å². The lowest BCUT2D eigenvalue weighted by Gasteiger charge is -2.30. The first-order valence-electron chi connectivity index (χ1n) is 7.42. The smallest absolute Gasteiger partial charge is 0.0373 e. The Morgan fingerprint density at radius 3 is 2.83 bits per heavy atom. The lowest BCUT2D eigenvalue weighted by molar-refractivity contribution is 0.197. The van der Waals surface area contributed by atoms with E-state index in [2.05, 4.69) is 41.4 Å². The van der Waals surface area contributed by atoms with Crippen molar-refractivity contribution in [3.8, 4) is 0 Å². The molecular formula is C16H24N2. The van der Waals surface area contributed by atoms with Gasteiger partial charge in [0, 0.05) is 24.8 Å². The van der Waals surface area contributed by atoms with E-state index in [1.165, 1.54) is 50.0 Å². The molecule has 0 aromatic heterocycles. The van der Waals surface area contributed by atoms with Crippen LogP contribution in [0.1, 0.15) is 31.7 Å². The van der Waals surface area contributed by atoms with E-state index in [1.807, 2.05) is 0 Å². The van der Waals surface area contributed by atoms with Gasteiger partial charge in [-0.1, -0.05) is 25.1 Å². The van der Waals surface area contributed by atoms with Gasteiger partial charge in [0.2, 0.25) is 0 Å². The maximum atomic E-state index is 3.64. The number of rotatable bonds is 4. The Bertz CT molecular complexity index is 371. The van der Waals surface area contributed by atoms with Gasteiger partial charge in [-0.05, 0) is 49.8 Å². The fourth-order valence-electron chi connectivity index (χ4n) is 3.04. The standard InChI is InChI=1S/C16H24N2/c1-2-18(12-13-7-8-13)15-10-9-14-5-3-4-6-16(14)17-11-15/h3-6,13,15,17H,2,7-12H2,1H3. The number of para-hydroxylation sites is 1. The van der Waals surface area contributed by atoms with Crippen molar-refractivity contribution in [3.63, 3.8) is 0 Å². The first kappa shape index (κ1) is 12.0. The van der Waals surface area contributed by atoms with Crippen LogP contribution in [0.15, 0.2) is 24.3 Å². The average molecular weight is 244 g/mol. The van der Waals surface area contributed by atoms with Crippen molar-refractivity contribution in [2.45, 2.75) is 38.6 Å². The van der Waals surface area contributed by atoms with Gasteiger partial charge in [0.05, 0.1) is 0 Å². The van der Waals surface area contributed by atoms with E-state index in [0.717, 1.165) is 12.5 Å². The molecule has 1 unspecified atom stereocenters. The van der Waals surface area contributed by atoms with Crippen LogP contribution in [0, 0.1) is 5.92 Å². The van der Waals surface area contributed by atoms with Crippen LogP contribution in [0.25, 0.3) is 0 Å². The molecule has 0 bridgehead atoms. The highest BCUT2D eigenvalue weighted by atomic mass is 15.2. The van der Waals surface area contributed by atoms with Crippen LogP contribution in [0.5, 0.6) is 0 Å². The van der Waals surface area contributed by atoms with E-state index < -0.39 is 0 Å². The molecule has 1 aliphatic heterocycles. The van der Waals surface area contributed by atoms with Crippen LogP contribution in [-0.4, -0.2) is 30.6 Å². The molecular weight excluding hydrogens is 220 g/mol. The van der Waals surface area contributed by atoms with Crippen molar-refractivity contribution in [3.05, 3.63) is 29.8 Å². The van der Waals surface area contributed by atoms with Crippen LogP contribution in [0.4, 0.5) is 5.69 Å². The summed E-state index contributed by atoms with van der Waals surface area (Å²) >= 11 is 0. The summed E-state index contributed by atoms with van der Waals surface area (Å²) in [4.78, 5) is 2.69. The fraction of sp³-hybridized carbons (Fsp3) is 0.625. The Kier molecular flexibility index (Phi) is 3.55. The Morgan fingerprint density at radius 2 is 2.06 bits per heavy atom. The molecule has 0 spiro atoms. The van der Waals surface area contributed by atoms with Gasteiger partial charge >= 0.3 is 0 Å². The van der Waals surface area contributed by atoms with Gasteiger partial charge in [-0.15, -0.1) is 0 Å². The number of aryl methyl sites for hydroxylation is 1. The van der Waals surface area contributed by atoms with E-state index in [-0.39, 0.29) is 0 Å². The van der Waals surface area contributed by atoms with Crippen LogP contribution in [-0.2, 0) is 6.42 Å². The zero-order chi connectivity index (χ0) is 12.4. The van der Waals surface area contributed by atoms with E-state index in [1.54, 1.807) is 0 Å². The Balaban J connectivity index is 1.65. The molecule has 1 aromatic rings. The topological polar surface area (TPSA) is 15.3 Å². The lowest BCUT2D eigenvalue weighted by Crippen LogP contribution is -2.40. The number of anilines is 1. The molecule has 98 valence electrons. The van der Waals surface area contributed by atoms with E-state index in [4.69, 9.17) is 0 Å². The van der Waals surface area contributed by atoms with Gasteiger partial charge in [0.15, 0.2) is 0 Å². The Hall–Kier alpha value is -1.02. The third-order valence-electron chi connectivity index (χ3n) is 4.40. The van der Waals surface area contributed by atoms with Crippen LogP contribution in [0.2, 0.25) is 0 Å². The molecule has 1 saturated carbocycles. The second-order valence-corrected chi connectivity index (χ2v) is 5.76. The van der Waals surface area contributed by atoms with Crippen molar-refractivity contribution in [2.75, 3.05) is 25.0 Å². The molecule has 1 fully saturated rings. The number of hydrogen-bond donors (Lipinski definition) is 1. The van der Waals surface area contributed by atoms with E-state index in [9.17, 15) is 0 Å². The summed E-state index contributed by atoms with van der Waals surface area (Å²) in [6.07, 6.45) is 5.42. The molecule has 1 aliphatic carbocycles. The third kappa shape index (κ3) is 2.69. The summed E-state index contributed by atoms with van der Waals surface area (Å²) in [6.45, 7) is 5.93. The third-order valence-corrected chi connectivity index (χ3v) is 4.40. The molecule has 1 N–H and O–H groups in total. The van der Waals surface area contributed by atoms with Crippen LogP contribution >= 0.6 is 0 Å². The number of hydrogen-bond acceptors (Lipinski definition) is 2. The van der Waals surface area contributed by atoms with Crippen molar-refractivity contribution >= 4 is 5.69 Å². The molecule has 3 rings (SSSR count). The van der Waals surface area contributed by atoms with Gasteiger partial charge < -0.3 is 5.32 Å². The maximum Gasteiger partial charge on any atom is 0.0373 e. The average Bonchev–Trinajstić information content (AvgIpc) is 3.22. The molecule has 2 heteroatoms. The van der Waals surface area contributed by atoms with Crippen LogP contribution < -0.4 is 5.32 Å². The molecule has 2 nitrogen and oxygen atoms in total.